The van der Waals surface area contributed by atoms with E-state index in [4.69, 9.17) is 0 Å². The van der Waals surface area contributed by atoms with Gasteiger partial charge in [-0.15, -0.1) is 0 Å². The molecule has 0 aliphatic carbocycles. The highest BCUT2D eigenvalue weighted by atomic mass is 32.2. The van der Waals surface area contributed by atoms with Gasteiger partial charge in [-0.25, -0.2) is 8.78 Å². The number of carbonyl (C=O) groups excluding carboxylic acids is 3. The van der Waals surface area contributed by atoms with Gasteiger partial charge in [-0.05, 0) is 23.8 Å². The number of hydrogen-bond acceptors (Lipinski definition) is 6. The van der Waals surface area contributed by atoms with Gasteiger partial charge in [0.1, 0.15) is 0 Å². The summed E-state index contributed by atoms with van der Waals surface area (Å²) in [4.78, 5) is 39.4. The van der Waals surface area contributed by atoms with E-state index in [1.54, 1.807) is 48.5 Å². The van der Waals surface area contributed by atoms with Crippen LogP contribution in [0.1, 0.15) is 29.5 Å². The van der Waals surface area contributed by atoms with E-state index in [1.165, 1.54) is 4.90 Å². The molecule has 4 rings (SSSR count). The van der Waals surface area contributed by atoms with Crippen LogP contribution >= 0.6 is 0 Å². The lowest BCUT2D eigenvalue weighted by Crippen LogP contribution is -2.44. The first kappa shape index (κ1) is 30.2. The van der Waals surface area contributed by atoms with Crippen LogP contribution in [0.2, 0.25) is 0 Å². The van der Waals surface area contributed by atoms with Gasteiger partial charge in [0.25, 0.3) is 10.1 Å². The number of rotatable bonds is 8. The zero-order chi connectivity index (χ0) is 30.6. The Labute approximate surface area is 236 Å². The Bertz CT molecular complexity index is 1730. The van der Waals surface area contributed by atoms with Gasteiger partial charge in [0.15, 0.2) is 11.6 Å². The molecule has 2 N–H and O–H groups in total. The molecule has 0 saturated carbocycles. The van der Waals surface area contributed by atoms with Crippen molar-refractivity contribution >= 4 is 33.6 Å². The summed E-state index contributed by atoms with van der Waals surface area (Å²) in [5, 5.41) is -0.611. The van der Waals surface area contributed by atoms with Crippen LogP contribution in [0.5, 0.6) is 5.75 Å². The largest absolute Gasteiger partial charge is 0.419 e. The summed E-state index contributed by atoms with van der Waals surface area (Å²) < 4.78 is 91.6. The molecule has 0 saturated heterocycles. The van der Waals surface area contributed by atoms with Crippen molar-refractivity contribution in [3.05, 3.63) is 94.6 Å². The van der Waals surface area contributed by atoms with Crippen LogP contribution in [0.4, 0.5) is 23.2 Å². The lowest BCUT2D eigenvalue weighted by molar-refractivity contribution is -0.134. The van der Waals surface area contributed by atoms with Crippen molar-refractivity contribution in [2.75, 3.05) is 11.4 Å². The molecule has 0 aromatic heterocycles. The second-order valence-corrected chi connectivity index (χ2v) is 10.5. The predicted molar refractivity (Wildman–Crippen MR) is 140 cm³/mol. The van der Waals surface area contributed by atoms with Gasteiger partial charge in [-0.1, -0.05) is 42.2 Å². The minimum Gasteiger partial charge on any atom is -0.419 e. The number of hydrogen-bond donors (Lipinski definition) is 2. The Hall–Kier alpha value is -4.74. The molecule has 218 valence electrons. The number of para-hydroxylation sites is 1. The van der Waals surface area contributed by atoms with E-state index in [2.05, 4.69) is 16.6 Å². The van der Waals surface area contributed by atoms with Crippen molar-refractivity contribution in [1.82, 2.24) is 5.32 Å². The topological polar surface area (TPSA) is 130 Å². The molecule has 14 heteroatoms. The third kappa shape index (κ3) is 6.76. The maximum absolute atomic E-state index is 13.8. The highest BCUT2D eigenvalue weighted by molar-refractivity contribution is 7.87. The van der Waals surface area contributed by atoms with Crippen LogP contribution in [0.15, 0.2) is 54.6 Å². The van der Waals surface area contributed by atoms with Gasteiger partial charge >= 0.3 is 5.97 Å². The van der Waals surface area contributed by atoms with E-state index >= 15 is 0 Å². The van der Waals surface area contributed by atoms with Crippen molar-refractivity contribution in [2.45, 2.75) is 24.6 Å². The number of amides is 2. The van der Waals surface area contributed by atoms with Crippen LogP contribution in [-0.2, 0) is 31.0 Å². The monoisotopic (exact) mass is 604 g/mol. The number of esters is 1. The standard InChI is InChI=1S/C28H20F4N2O7S/c29-19-13-20(30)26(32)27(25(19)31)41-28(37)22(42(38,39)40)14-33-23(35)11-12-24(36)34-15-18-7-2-1-5-16(18)9-10-17-6-3-4-8-21(17)34/h1-8,13,22H,11-12,14-15H2,(H,33,35)(H,38,39,40). The summed E-state index contributed by atoms with van der Waals surface area (Å²) in [6, 6.07) is 13.9. The third-order valence-corrected chi connectivity index (χ3v) is 7.20. The van der Waals surface area contributed by atoms with Crippen molar-refractivity contribution in [3.63, 3.8) is 0 Å². The number of ether oxygens (including phenoxy) is 1. The second-order valence-electron chi connectivity index (χ2n) is 8.93. The molecule has 0 spiro atoms. The fourth-order valence-corrected chi connectivity index (χ4v) is 4.56. The highest BCUT2D eigenvalue weighted by Crippen LogP contribution is 2.28. The normalized spacial score (nSPS) is 12.9. The fourth-order valence-electron chi connectivity index (χ4n) is 3.98. The molecule has 0 radical (unpaired) electrons. The highest BCUT2D eigenvalue weighted by Gasteiger charge is 2.36. The molecule has 2 amide bonds. The summed E-state index contributed by atoms with van der Waals surface area (Å²) in [5.74, 6) is -7.35. The molecule has 0 bridgehead atoms. The van der Waals surface area contributed by atoms with Crippen molar-refractivity contribution in [1.29, 1.82) is 0 Å². The van der Waals surface area contributed by atoms with E-state index in [-0.39, 0.29) is 19.0 Å². The molecule has 3 aromatic carbocycles. The number of nitrogens with one attached hydrogen (secondary N) is 1. The SMILES string of the molecule is O=C(CCC(=O)N1Cc2ccccc2C#Cc2ccccc21)NCC(C(=O)Oc1c(F)c(F)cc(F)c1F)S(=O)(=O)O. The van der Waals surface area contributed by atoms with Gasteiger partial charge in [0, 0.05) is 36.6 Å². The van der Waals surface area contributed by atoms with Crippen molar-refractivity contribution < 1.29 is 49.7 Å². The molecular formula is C28H20F4N2O7S. The van der Waals surface area contributed by atoms with Crippen molar-refractivity contribution in [2.24, 2.45) is 0 Å². The smallest absolute Gasteiger partial charge is 0.334 e. The summed E-state index contributed by atoms with van der Waals surface area (Å²) in [6.07, 6.45) is -0.855. The van der Waals surface area contributed by atoms with E-state index in [9.17, 15) is 44.9 Å². The Balaban J connectivity index is 1.43. The molecule has 1 atom stereocenters. The van der Waals surface area contributed by atoms with Gasteiger partial charge in [-0.3, -0.25) is 18.9 Å². The van der Waals surface area contributed by atoms with Crippen LogP contribution in [0.25, 0.3) is 0 Å². The lowest BCUT2D eigenvalue weighted by Gasteiger charge is -2.26. The number of anilines is 1. The molecular weight excluding hydrogens is 584 g/mol. The molecule has 1 aliphatic rings. The van der Waals surface area contributed by atoms with E-state index in [0.717, 1.165) is 5.56 Å². The number of nitrogens with zero attached hydrogens (tertiary/aromatic N) is 1. The number of fused-ring (bicyclic) bond motifs is 2. The Morgan fingerprint density at radius 2 is 1.52 bits per heavy atom. The zero-order valence-corrected chi connectivity index (χ0v) is 22.2. The molecule has 1 aliphatic heterocycles. The fraction of sp³-hybridized carbons (Fsp3) is 0.179. The number of benzene rings is 3. The lowest BCUT2D eigenvalue weighted by atomic mass is 10.0. The van der Waals surface area contributed by atoms with E-state index in [0.29, 0.717) is 16.8 Å². The first-order valence-corrected chi connectivity index (χ1v) is 13.6. The maximum Gasteiger partial charge on any atom is 0.334 e. The van der Waals surface area contributed by atoms with Gasteiger partial charge in [0.2, 0.25) is 34.4 Å². The second kappa shape index (κ2) is 12.4. The zero-order valence-electron chi connectivity index (χ0n) is 21.4. The van der Waals surface area contributed by atoms with Crippen LogP contribution in [0.3, 0.4) is 0 Å². The summed E-state index contributed by atoms with van der Waals surface area (Å²) >= 11 is 0. The molecule has 42 heavy (non-hydrogen) atoms. The first-order chi connectivity index (χ1) is 19.9. The maximum atomic E-state index is 13.8. The van der Waals surface area contributed by atoms with Gasteiger partial charge in [-0.2, -0.15) is 17.2 Å². The number of halogens is 4. The summed E-state index contributed by atoms with van der Waals surface area (Å²) in [7, 11) is -5.35. The minimum absolute atomic E-state index is 0.146. The molecule has 1 heterocycles. The Morgan fingerprint density at radius 3 is 2.19 bits per heavy atom. The average Bonchev–Trinajstić information content (AvgIpc) is 2.93. The molecule has 0 fully saturated rings. The van der Waals surface area contributed by atoms with Crippen LogP contribution < -0.4 is 15.0 Å². The number of carbonyl (C=O) groups is 3. The third-order valence-electron chi connectivity index (χ3n) is 6.12. The van der Waals surface area contributed by atoms with Crippen LogP contribution in [-0.4, -0.2) is 42.5 Å². The van der Waals surface area contributed by atoms with Gasteiger partial charge in [0.05, 0.1) is 12.2 Å². The van der Waals surface area contributed by atoms with E-state index in [1.807, 2.05) is 5.32 Å². The molecule has 9 nitrogen and oxygen atoms in total. The summed E-state index contributed by atoms with van der Waals surface area (Å²) in [6.45, 7) is -1.01. The average molecular weight is 605 g/mol. The molecule has 1 unspecified atom stereocenters. The quantitative estimate of drug-likeness (QED) is 0.101. The minimum atomic E-state index is -5.35. The Morgan fingerprint density at radius 1 is 0.929 bits per heavy atom. The van der Waals surface area contributed by atoms with Gasteiger partial charge < -0.3 is 15.0 Å². The van der Waals surface area contributed by atoms with Crippen LogP contribution in [0, 0.1) is 35.1 Å². The Kier molecular flexibility index (Phi) is 8.93. The van der Waals surface area contributed by atoms with E-state index < -0.39 is 75.1 Å². The molecule has 3 aromatic rings. The summed E-state index contributed by atoms with van der Waals surface area (Å²) in [5.41, 5.74) is 2.56. The van der Waals surface area contributed by atoms with Crippen molar-refractivity contribution in [3.8, 4) is 17.6 Å². The predicted octanol–water partition coefficient (Wildman–Crippen LogP) is 3.25. The first-order valence-electron chi connectivity index (χ1n) is 12.1.